The zero-order valence-electron chi connectivity index (χ0n) is 15.4. The van der Waals surface area contributed by atoms with E-state index in [1.165, 1.54) is 70.6 Å². The third kappa shape index (κ3) is 6.50. The first kappa shape index (κ1) is 18.8. The Bertz CT molecular complexity index is 597. The monoisotopic (exact) mass is 328 g/mol. The molecular formula is C20H32N4. The van der Waals surface area contributed by atoms with Crippen molar-refractivity contribution < 1.29 is 0 Å². The summed E-state index contributed by atoms with van der Waals surface area (Å²) in [6, 6.07) is 0. The lowest BCUT2D eigenvalue weighted by atomic mass is 10.0. The van der Waals surface area contributed by atoms with Crippen molar-refractivity contribution in [3.8, 4) is 0 Å². The number of unbranched alkanes of at least 4 members (excludes halogenated alkanes) is 10. The van der Waals surface area contributed by atoms with Crippen LogP contribution in [0, 0.1) is 6.92 Å². The van der Waals surface area contributed by atoms with Crippen LogP contribution in [0.15, 0.2) is 12.4 Å². The van der Waals surface area contributed by atoms with E-state index in [-0.39, 0.29) is 0 Å². The van der Waals surface area contributed by atoms with Crippen molar-refractivity contribution in [1.29, 1.82) is 0 Å². The van der Waals surface area contributed by atoms with Crippen LogP contribution in [0.1, 0.15) is 89.1 Å². The normalized spacial score (nSPS) is 11.2. The second-order valence-electron chi connectivity index (χ2n) is 6.73. The maximum atomic E-state index is 4.57. The zero-order valence-corrected chi connectivity index (χ0v) is 15.4. The van der Waals surface area contributed by atoms with Crippen LogP contribution in [0.2, 0.25) is 0 Å². The molecule has 0 N–H and O–H groups in total. The predicted molar refractivity (Wildman–Crippen MR) is 100 cm³/mol. The molecule has 0 saturated carbocycles. The van der Waals surface area contributed by atoms with Crippen molar-refractivity contribution in [1.82, 2.24) is 19.9 Å². The molecule has 0 aliphatic heterocycles. The smallest absolute Gasteiger partial charge is 0.181 e. The Kier molecular flexibility index (Phi) is 8.64. The highest BCUT2D eigenvalue weighted by molar-refractivity contribution is 5.71. The highest BCUT2D eigenvalue weighted by atomic mass is 15.0. The first-order valence-corrected chi connectivity index (χ1v) is 9.75. The van der Waals surface area contributed by atoms with Gasteiger partial charge in [-0.2, -0.15) is 0 Å². The van der Waals surface area contributed by atoms with Crippen molar-refractivity contribution in [3.63, 3.8) is 0 Å². The summed E-state index contributed by atoms with van der Waals surface area (Å²) in [6.45, 7) is 4.20. The largest absolute Gasteiger partial charge is 0.249 e. The van der Waals surface area contributed by atoms with Crippen molar-refractivity contribution in [2.45, 2.75) is 90.9 Å². The molecule has 4 nitrogen and oxygen atoms in total. The summed E-state index contributed by atoms with van der Waals surface area (Å²) in [4.78, 5) is 17.6. The van der Waals surface area contributed by atoms with Gasteiger partial charge in [0.05, 0.1) is 5.69 Å². The number of hydrogen-bond donors (Lipinski definition) is 0. The van der Waals surface area contributed by atoms with Gasteiger partial charge >= 0.3 is 0 Å². The van der Waals surface area contributed by atoms with Crippen molar-refractivity contribution in [3.05, 3.63) is 23.9 Å². The Morgan fingerprint density at radius 2 is 1.29 bits per heavy atom. The summed E-state index contributed by atoms with van der Waals surface area (Å²) in [5.74, 6) is 0.793. The van der Waals surface area contributed by atoms with E-state index in [2.05, 4.69) is 26.9 Å². The summed E-state index contributed by atoms with van der Waals surface area (Å²) < 4.78 is 0. The highest BCUT2D eigenvalue weighted by Crippen LogP contribution is 2.15. The van der Waals surface area contributed by atoms with E-state index >= 15 is 0 Å². The molecule has 2 rings (SSSR count). The van der Waals surface area contributed by atoms with E-state index in [0.29, 0.717) is 0 Å². The molecule has 0 atom stereocenters. The number of nitrogens with zero attached hydrogens (tertiary/aromatic N) is 4. The number of aryl methyl sites for hydroxylation is 2. The minimum absolute atomic E-state index is 0.725. The van der Waals surface area contributed by atoms with Gasteiger partial charge in [-0.15, -0.1) is 0 Å². The summed E-state index contributed by atoms with van der Waals surface area (Å²) >= 11 is 0. The van der Waals surface area contributed by atoms with Gasteiger partial charge in [-0.05, 0) is 19.8 Å². The molecule has 132 valence electrons. The second kappa shape index (κ2) is 11.1. The first-order chi connectivity index (χ1) is 11.8. The molecule has 24 heavy (non-hydrogen) atoms. The predicted octanol–water partition coefficient (Wildman–Crippen LogP) is 5.58. The number of rotatable bonds is 12. The van der Waals surface area contributed by atoms with E-state index in [1.54, 1.807) is 12.4 Å². The molecule has 0 aliphatic carbocycles. The van der Waals surface area contributed by atoms with Gasteiger partial charge in [0.25, 0.3) is 0 Å². The molecule has 2 heterocycles. The standard InChI is InChI=1S/C20H32N4/c1-3-4-5-6-7-8-9-10-11-12-13-14-18-19-20(22-16-15-21-19)24-17(2)23-18/h15-16H,3-14H2,1-2H3. The minimum Gasteiger partial charge on any atom is -0.249 e. The molecular weight excluding hydrogens is 296 g/mol. The van der Waals surface area contributed by atoms with Crippen molar-refractivity contribution >= 4 is 11.2 Å². The lowest BCUT2D eigenvalue weighted by molar-refractivity contribution is 0.549. The third-order valence-electron chi connectivity index (χ3n) is 4.53. The van der Waals surface area contributed by atoms with E-state index < -0.39 is 0 Å². The summed E-state index contributed by atoms with van der Waals surface area (Å²) in [5, 5.41) is 0. The zero-order chi connectivity index (χ0) is 17.0. The van der Waals surface area contributed by atoms with Crippen LogP contribution in [0.3, 0.4) is 0 Å². The lowest BCUT2D eigenvalue weighted by Crippen LogP contribution is -2.01. The second-order valence-corrected chi connectivity index (χ2v) is 6.73. The lowest BCUT2D eigenvalue weighted by Gasteiger charge is -2.05. The average Bonchev–Trinajstić information content (AvgIpc) is 2.59. The number of hydrogen-bond acceptors (Lipinski definition) is 4. The summed E-state index contributed by atoms with van der Waals surface area (Å²) in [6.07, 6.45) is 19.4. The topological polar surface area (TPSA) is 51.6 Å². The van der Waals surface area contributed by atoms with Gasteiger partial charge < -0.3 is 0 Å². The minimum atomic E-state index is 0.725. The Morgan fingerprint density at radius 3 is 1.96 bits per heavy atom. The van der Waals surface area contributed by atoms with Crippen LogP contribution in [0.25, 0.3) is 11.2 Å². The van der Waals surface area contributed by atoms with Crippen LogP contribution in [0.5, 0.6) is 0 Å². The van der Waals surface area contributed by atoms with E-state index in [0.717, 1.165) is 29.1 Å². The van der Waals surface area contributed by atoms with Crippen LogP contribution in [-0.4, -0.2) is 19.9 Å². The number of aromatic nitrogens is 4. The quantitative estimate of drug-likeness (QED) is 0.477. The van der Waals surface area contributed by atoms with Gasteiger partial charge in [0.15, 0.2) is 5.65 Å². The molecule has 0 amide bonds. The van der Waals surface area contributed by atoms with E-state index in [1.807, 2.05) is 6.92 Å². The summed E-state index contributed by atoms with van der Waals surface area (Å²) in [5.41, 5.74) is 2.65. The molecule has 0 bridgehead atoms. The van der Waals surface area contributed by atoms with Gasteiger partial charge in [0, 0.05) is 12.4 Å². The molecule has 0 aliphatic rings. The van der Waals surface area contributed by atoms with Crippen LogP contribution < -0.4 is 0 Å². The van der Waals surface area contributed by atoms with Gasteiger partial charge in [0.1, 0.15) is 11.3 Å². The maximum Gasteiger partial charge on any atom is 0.181 e. The molecule has 0 fully saturated rings. The fourth-order valence-corrected chi connectivity index (χ4v) is 3.17. The molecule has 0 radical (unpaired) electrons. The Morgan fingerprint density at radius 1 is 0.708 bits per heavy atom. The Labute approximate surface area is 146 Å². The van der Waals surface area contributed by atoms with Gasteiger partial charge in [-0.3, -0.25) is 0 Å². The maximum absolute atomic E-state index is 4.57. The Hall–Kier alpha value is -1.58. The fraction of sp³-hybridized carbons (Fsp3) is 0.700. The summed E-state index contributed by atoms with van der Waals surface area (Å²) in [7, 11) is 0. The number of fused-ring (bicyclic) bond motifs is 1. The SMILES string of the molecule is CCCCCCCCCCCCCc1nc(C)nc2nccnc12. The molecule has 0 unspecified atom stereocenters. The molecule has 4 heteroatoms. The third-order valence-corrected chi connectivity index (χ3v) is 4.53. The molecule has 0 spiro atoms. The Balaban J connectivity index is 1.60. The van der Waals surface area contributed by atoms with Gasteiger partial charge in [-0.1, -0.05) is 71.1 Å². The first-order valence-electron chi connectivity index (χ1n) is 9.75. The van der Waals surface area contributed by atoms with Gasteiger partial charge in [-0.25, -0.2) is 19.9 Å². The molecule has 2 aromatic rings. The van der Waals surface area contributed by atoms with Crippen LogP contribution in [0.4, 0.5) is 0 Å². The van der Waals surface area contributed by atoms with Crippen molar-refractivity contribution in [2.24, 2.45) is 0 Å². The van der Waals surface area contributed by atoms with Crippen molar-refractivity contribution in [2.75, 3.05) is 0 Å². The molecule has 0 saturated heterocycles. The molecule has 0 aromatic carbocycles. The van der Waals surface area contributed by atoms with Crippen LogP contribution in [-0.2, 0) is 6.42 Å². The fourth-order valence-electron chi connectivity index (χ4n) is 3.17. The van der Waals surface area contributed by atoms with E-state index in [9.17, 15) is 0 Å². The highest BCUT2D eigenvalue weighted by Gasteiger charge is 2.07. The van der Waals surface area contributed by atoms with Crippen LogP contribution >= 0.6 is 0 Å². The van der Waals surface area contributed by atoms with E-state index in [4.69, 9.17) is 0 Å². The molecule has 2 aromatic heterocycles. The average molecular weight is 329 g/mol. The van der Waals surface area contributed by atoms with Gasteiger partial charge in [0.2, 0.25) is 0 Å².